The summed E-state index contributed by atoms with van der Waals surface area (Å²) in [6.07, 6.45) is -0.893. The van der Waals surface area contributed by atoms with Gasteiger partial charge in [-0.25, -0.2) is 14.6 Å². The first-order valence-corrected chi connectivity index (χ1v) is 13.1. The van der Waals surface area contributed by atoms with Crippen LogP contribution in [-0.2, 0) is 43.9 Å². The molecule has 0 atom stereocenters. The number of halogens is 3. The highest BCUT2D eigenvalue weighted by Gasteiger charge is 2.30. The number of rotatable bonds is 10. The van der Waals surface area contributed by atoms with Crippen LogP contribution in [0.2, 0.25) is 0 Å². The molecule has 0 radical (unpaired) electrons. The van der Waals surface area contributed by atoms with Crippen molar-refractivity contribution in [3.05, 3.63) is 90.8 Å². The van der Waals surface area contributed by atoms with Gasteiger partial charge in [0.2, 0.25) is 0 Å². The lowest BCUT2D eigenvalue weighted by Crippen LogP contribution is -2.40. The van der Waals surface area contributed by atoms with Gasteiger partial charge in [-0.15, -0.1) is 0 Å². The summed E-state index contributed by atoms with van der Waals surface area (Å²) in [4.78, 5) is 42.7. The summed E-state index contributed by atoms with van der Waals surface area (Å²) >= 11 is 0. The number of hydrogen-bond acceptors (Lipinski definition) is 8. The number of fused-ring (bicyclic) bond motifs is 1. The summed E-state index contributed by atoms with van der Waals surface area (Å²) < 4.78 is 60.7. The molecular weight excluding hydrogens is 561 g/mol. The van der Waals surface area contributed by atoms with Gasteiger partial charge in [-0.2, -0.15) is 18.3 Å². The van der Waals surface area contributed by atoms with Crippen molar-refractivity contribution in [2.45, 2.75) is 66.3 Å². The molecule has 0 N–H and O–H groups in total. The monoisotopic (exact) mass is 588 g/mol. The second-order valence-electron chi connectivity index (χ2n) is 9.56. The Morgan fingerprint density at radius 3 is 2.50 bits per heavy atom. The molecule has 0 saturated carbocycles. The molecule has 0 amide bonds. The lowest BCUT2D eigenvalue weighted by molar-refractivity contribution is -0.137. The van der Waals surface area contributed by atoms with E-state index in [1.54, 1.807) is 26.1 Å². The molecule has 12 nitrogen and oxygen atoms in total. The van der Waals surface area contributed by atoms with Crippen LogP contribution in [0.5, 0.6) is 0 Å². The molecule has 42 heavy (non-hydrogen) atoms. The minimum atomic E-state index is -4.48. The number of hydrogen-bond donors (Lipinski definition) is 0. The van der Waals surface area contributed by atoms with E-state index in [-0.39, 0.29) is 61.5 Å². The molecule has 1 aromatic carbocycles. The zero-order valence-corrected chi connectivity index (χ0v) is 23.0. The van der Waals surface area contributed by atoms with E-state index < -0.39 is 28.8 Å². The highest BCUT2D eigenvalue weighted by atomic mass is 19.4. The maximum atomic E-state index is 13.6. The normalized spacial score (nSPS) is 12.0. The first-order valence-electron chi connectivity index (χ1n) is 13.1. The van der Waals surface area contributed by atoms with E-state index in [2.05, 4.69) is 10.1 Å². The summed E-state index contributed by atoms with van der Waals surface area (Å²) in [7, 11) is 0. The van der Waals surface area contributed by atoms with Crippen molar-refractivity contribution in [1.29, 1.82) is 0 Å². The molecule has 0 aliphatic heterocycles. The third kappa shape index (κ3) is 5.46. The Balaban J connectivity index is 1.58. The SMILES string of the molecule is CCCn1c(=O)c2c(nc(-c3cnn(Cc4cccc(C(F)(F)F)c4)c3)n2COCc2oc(=O)oc2C)n(CC)c1=O. The van der Waals surface area contributed by atoms with Gasteiger partial charge in [-0.05, 0) is 38.0 Å². The zero-order chi connectivity index (χ0) is 30.2. The van der Waals surface area contributed by atoms with E-state index in [4.69, 9.17) is 13.6 Å². The average Bonchev–Trinajstić information content (AvgIpc) is 3.63. The summed E-state index contributed by atoms with van der Waals surface area (Å²) in [5, 5.41) is 4.29. The third-order valence-corrected chi connectivity index (χ3v) is 6.66. The third-order valence-electron chi connectivity index (χ3n) is 6.66. The minimum Gasteiger partial charge on any atom is -0.396 e. The van der Waals surface area contributed by atoms with Crippen molar-refractivity contribution in [3.8, 4) is 11.4 Å². The predicted octanol–water partition coefficient (Wildman–Crippen LogP) is 3.75. The maximum Gasteiger partial charge on any atom is 0.519 e. The topological polar surface area (TPSA) is 132 Å². The molecule has 0 aliphatic carbocycles. The molecule has 0 fully saturated rings. The Morgan fingerprint density at radius 1 is 1.05 bits per heavy atom. The Kier molecular flexibility index (Phi) is 7.77. The molecular formula is C27H27F3N6O6. The van der Waals surface area contributed by atoms with Crippen LogP contribution in [0.25, 0.3) is 22.6 Å². The molecule has 222 valence electrons. The van der Waals surface area contributed by atoms with Gasteiger partial charge in [0, 0.05) is 19.3 Å². The molecule has 0 unspecified atom stereocenters. The molecule has 4 heterocycles. The summed E-state index contributed by atoms with van der Waals surface area (Å²) in [5.74, 6) is -0.202. The number of imidazole rings is 1. The van der Waals surface area contributed by atoms with Gasteiger partial charge >= 0.3 is 17.7 Å². The highest BCUT2D eigenvalue weighted by Crippen LogP contribution is 2.30. The molecule has 15 heteroatoms. The Bertz CT molecular complexity index is 1920. The lowest BCUT2D eigenvalue weighted by atomic mass is 10.1. The lowest BCUT2D eigenvalue weighted by Gasteiger charge is -2.11. The van der Waals surface area contributed by atoms with Crippen molar-refractivity contribution in [3.63, 3.8) is 0 Å². The van der Waals surface area contributed by atoms with Gasteiger partial charge in [-0.1, -0.05) is 19.1 Å². The van der Waals surface area contributed by atoms with Crippen LogP contribution in [0, 0.1) is 6.92 Å². The van der Waals surface area contributed by atoms with Gasteiger partial charge in [-0.3, -0.25) is 23.2 Å². The molecule has 0 aliphatic rings. The average molecular weight is 589 g/mol. The molecule has 0 spiro atoms. The summed E-state index contributed by atoms with van der Waals surface area (Å²) in [5.41, 5.74) is -0.724. The number of alkyl halides is 3. The molecule has 0 bridgehead atoms. The second kappa shape index (κ2) is 11.3. The van der Waals surface area contributed by atoms with Crippen LogP contribution in [0.1, 0.15) is 42.9 Å². The maximum absolute atomic E-state index is 13.6. The predicted molar refractivity (Wildman–Crippen MR) is 143 cm³/mol. The van der Waals surface area contributed by atoms with Crippen LogP contribution < -0.4 is 17.1 Å². The van der Waals surface area contributed by atoms with E-state index in [1.807, 2.05) is 6.92 Å². The van der Waals surface area contributed by atoms with Crippen molar-refractivity contribution >= 4 is 11.2 Å². The van der Waals surface area contributed by atoms with E-state index in [0.717, 1.165) is 16.7 Å². The van der Waals surface area contributed by atoms with Crippen molar-refractivity contribution < 1.29 is 26.7 Å². The van der Waals surface area contributed by atoms with Crippen molar-refractivity contribution in [2.75, 3.05) is 0 Å². The van der Waals surface area contributed by atoms with Gasteiger partial charge in [0.1, 0.15) is 24.9 Å². The first-order chi connectivity index (χ1) is 20.0. The first kappa shape index (κ1) is 28.9. The fraction of sp³-hybridized carbons (Fsp3) is 0.370. The Hall–Kier alpha value is -4.66. The number of ether oxygens (including phenoxy) is 1. The minimum absolute atomic E-state index is 0.0441. The Labute approximate surface area is 235 Å². The quantitative estimate of drug-likeness (QED) is 0.241. The van der Waals surface area contributed by atoms with E-state index >= 15 is 0 Å². The number of benzene rings is 1. The fourth-order valence-corrected chi connectivity index (χ4v) is 4.68. The van der Waals surface area contributed by atoms with Crippen LogP contribution in [0.15, 0.2) is 59.9 Å². The van der Waals surface area contributed by atoms with Crippen LogP contribution in [0.3, 0.4) is 0 Å². The van der Waals surface area contributed by atoms with Crippen LogP contribution >= 0.6 is 0 Å². The Morgan fingerprint density at radius 2 is 1.83 bits per heavy atom. The smallest absolute Gasteiger partial charge is 0.396 e. The van der Waals surface area contributed by atoms with Gasteiger partial charge in [0.05, 0.1) is 23.9 Å². The summed E-state index contributed by atoms with van der Waals surface area (Å²) in [6.45, 7) is 5.26. The second-order valence-corrected chi connectivity index (χ2v) is 9.56. The summed E-state index contributed by atoms with van der Waals surface area (Å²) in [6, 6.07) is 4.94. The number of aromatic nitrogens is 6. The van der Waals surface area contributed by atoms with E-state index in [0.29, 0.717) is 17.5 Å². The standard InChI is InChI=1S/C27H27F3N6O6/c1-4-9-35-24(37)21-23(34(5-2)25(35)38)32-22(36(21)15-40-14-20-16(3)41-26(39)42-20)18-11-31-33(13-18)12-17-7-6-8-19(10-17)27(28,29)30/h6-8,10-11,13H,4-5,9,12,14-15H2,1-3H3. The van der Waals surface area contributed by atoms with Crippen LogP contribution in [-0.4, -0.2) is 28.5 Å². The van der Waals surface area contributed by atoms with E-state index in [9.17, 15) is 27.6 Å². The highest BCUT2D eigenvalue weighted by molar-refractivity contribution is 5.76. The van der Waals surface area contributed by atoms with Crippen molar-refractivity contribution in [2.24, 2.45) is 0 Å². The van der Waals surface area contributed by atoms with Crippen molar-refractivity contribution in [1.82, 2.24) is 28.5 Å². The molecule has 5 rings (SSSR count). The molecule has 0 saturated heterocycles. The largest absolute Gasteiger partial charge is 0.519 e. The van der Waals surface area contributed by atoms with Gasteiger partial charge in [0.15, 0.2) is 16.9 Å². The van der Waals surface area contributed by atoms with Gasteiger partial charge < -0.3 is 13.6 Å². The number of nitrogens with zero attached hydrogens (tertiary/aromatic N) is 6. The molecule has 5 aromatic rings. The van der Waals surface area contributed by atoms with Crippen LogP contribution in [0.4, 0.5) is 13.2 Å². The van der Waals surface area contributed by atoms with Gasteiger partial charge in [0.25, 0.3) is 5.56 Å². The fourth-order valence-electron chi connectivity index (χ4n) is 4.68. The van der Waals surface area contributed by atoms with E-state index in [1.165, 1.54) is 26.1 Å². The number of aryl methyl sites for hydroxylation is 2. The zero-order valence-electron chi connectivity index (χ0n) is 23.0. The molecule has 4 aromatic heterocycles.